The van der Waals surface area contributed by atoms with E-state index in [1.807, 2.05) is 11.3 Å². The van der Waals surface area contributed by atoms with E-state index in [2.05, 4.69) is 47.7 Å². The molecule has 0 saturated carbocycles. The van der Waals surface area contributed by atoms with Crippen LogP contribution in [0.2, 0.25) is 0 Å². The van der Waals surface area contributed by atoms with E-state index in [0.29, 0.717) is 5.88 Å². The molecule has 0 N–H and O–H groups in total. The second-order valence-electron chi connectivity index (χ2n) is 3.18. The van der Waals surface area contributed by atoms with Crippen LogP contribution in [0.25, 0.3) is 10.1 Å². The van der Waals surface area contributed by atoms with Gasteiger partial charge in [0.2, 0.25) is 0 Å². The first-order valence-electron chi connectivity index (χ1n) is 4.51. The van der Waals surface area contributed by atoms with Gasteiger partial charge in [0.25, 0.3) is 0 Å². The molecule has 0 fully saturated rings. The van der Waals surface area contributed by atoms with Crippen molar-refractivity contribution < 1.29 is 0 Å². The number of halogens is 2. The van der Waals surface area contributed by atoms with E-state index in [0.717, 1.165) is 6.42 Å². The van der Waals surface area contributed by atoms with Gasteiger partial charge in [-0.05, 0) is 58.2 Å². The molecule has 14 heavy (non-hydrogen) atoms. The number of rotatable bonds is 2. The predicted octanol–water partition coefficient (Wildman–Crippen LogP) is 4.81. The lowest BCUT2D eigenvalue weighted by atomic mass is 10.1. The van der Waals surface area contributed by atoms with Crippen LogP contribution < -0.4 is 0 Å². The summed E-state index contributed by atoms with van der Waals surface area (Å²) >= 11 is 10.2. The number of aryl methyl sites for hydroxylation is 1. The minimum Gasteiger partial charge on any atom is -0.140 e. The van der Waals surface area contributed by atoms with Crippen molar-refractivity contribution in [2.75, 3.05) is 0 Å². The van der Waals surface area contributed by atoms with Gasteiger partial charge in [0.1, 0.15) is 0 Å². The fourth-order valence-electron chi connectivity index (χ4n) is 1.51. The zero-order valence-electron chi connectivity index (χ0n) is 7.81. The number of alkyl halides is 1. The summed E-state index contributed by atoms with van der Waals surface area (Å²) in [5.74, 6) is 0.604. The van der Waals surface area contributed by atoms with Crippen LogP contribution >= 0.6 is 45.5 Å². The highest BCUT2D eigenvalue weighted by Gasteiger charge is 2.06. The van der Waals surface area contributed by atoms with Crippen molar-refractivity contribution in [1.29, 1.82) is 0 Å². The minimum atomic E-state index is 0.604. The summed E-state index contributed by atoms with van der Waals surface area (Å²) in [4.78, 5) is 1.44. The van der Waals surface area contributed by atoms with E-state index >= 15 is 0 Å². The Morgan fingerprint density at radius 2 is 2.14 bits per heavy atom. The van der Waals surface area contributed by atoms with Crippen LogP contribution in [0, 0.1) is 3.57 Å². The molecule has 0 nitrogen and oxygen atoms in total. The fraction of sp³-hybridized carbons (Fsp3) is 0.273. The Balaban J connectivity index is 2.71. The number of hydrogen-bond donors (Lipinski definition) is 0. The topological polar surface area (TPSA) is 0 Å². The number of thiophene rings is 1. The maximum Gasteiger partial charge on any atom is 0.0480 e. The largest absolute Gasteiger partial charge is 0.140 e. The van der Waals surface area contributed by atoms with Gasteiger partial charge in [-0.1, -0.05) is 6.92 Å². The third-order valence-corrected chi connectivity index (χ3v) is 4.37. The molecular weight excluding hydrogens is 327 g/mol. The lowest BCUT2D eigenvalue weighted by molar-refractivity contribution is 1.19. The molecule has 2 aromatic rings. The van der Waals surface area contributed by atoms with Gasteiger partial charge in [-0.2, -0.15) is 0 Å². The molecule has 0 radical (unpaired) electrons. The molecule has 0 amide bonds. The molecule has 0 spiro atoms. The first kappa shape index (κ1) is 10.7. The average molecular weight is 337 g/mol. The van der Waals surface area contributed by atoms with Crippen LogP contribution in [-0.2, 0) is 12.3 Å². The minimum absolute atomic E-state index is 0.604. The Morgan fingerprint density at radius 1 is 1.36 bits per heavy atom. The Bertz CT molecular complexity index is 462. The standard InChI is InChI=1S/C11H10ClIS/c1-2-9-5-10-7(6-12)3-8(13)4-11(10)14-9/h3-5H,2,6H2,1H3. The highest BCUT2D eigenvalue weighted by molar-refractivity contribution is 14.1. The Hall–Kier alpha value is 0.200. The van der Waals surface area contributed by atoms with Gasteiger partial charge in [-0.15, -0.1) is 22.9 Å². The summed E-state index contributed by atoms with van der Waals surface area (Å²) in [5.41, 5.74) is 1.25. The van der Waals surface area contributed by atoms with Crippen molar-refractivity contribution in [3.05, 3.63) is 32.2 Å². The lowest BCUT2D eigenvalue weighted by Gasteiger charge is -1.98. The van der Waals surface area contributed by atoms with Crippen LogP contribution in [0.15, 0.2) is 18.2 Å². The molecule has 0 aliphatic rings. The van der Waals surface area contributed by atoms with E-state index in [1.165, 1.54) is 24.1 Å². The van der Waals surface area contributed by atoms with E-state index in [9.17, 15) is 0 Å². The second-order valence-corrected chi connectivity index (χ2v) is 5.86. The summed E-state index contributed by atoms with van der Waals surface area (Å²) in [5, 5.41) is 1.34. The zero-order valence-corrected chi connectivity index (χ0v) is 11.5. The first-order chi connectivity index (χ1) is 6.74. The molecule has 0 aliphatic carbocycles. The monoisotopic (exact) mass is 336 g/mol. The van der Waals surface area contributed by atoms with E-state index in [-0.39, 0.29) is 0 Å². The summed E-state index contributed by atoms with van der Waals surface area (Å²) < 4.78 is 2.64. The Labute approximate surface area is 106 Å². The first-order valence-corrected chi connectivity index (χ1v) is 6.94. The number of fused-ring (bicyclic) bond motifs is 1. The van der Waals surface area contributed by atoms with Crippen molar-refractivity contribution in [3.8, 4) is 0 Å². The summed E-state index contributed by atoms with van der Waals surface area (Å²) in [7, 11) is 0. The van der Waals surface area contributed by atoms with Gasteiger partial charge in [0, 0.05) is 19.0 Å². The normalized spacial score (nSPS) is 11.1. The molecular formula is C11H10ClIS. The van der Waals surface area contributed by atoms with E-state index in [4.69, 9.17) is 11.6 Å². The third kappa shape index (κ3) is 1.92. The van der Waals surface area contributed by atoms with Gasteiger partial charge in [0.05, 0.1) is 0 Å². The molecule has 0 unspecified atom stereocenters. The van der Waals surface area contributed by atoms with Crippen LogP contribution in [0.3, 0.4) is 0 Å². The Morgan fingerprint density at radius 3 is 2.79 bits per heavy atom. The van der Waals surface area contributed by atoms with Crippen LogP contribution in [-0.4, -0.2) is 0 Å². The summed E-state index contributed by atoms with van der Waals surface area (Å²) in [6.45, 7) is 2.19. The molecule has 0 atom stereocenters. The van der Waals surface area contributed by atoms with Gasteiger partial charge in [0.15, 0.2) is 0 Å². The number of benzene rings is 1. The van der Waals surface area contributed by atoms with Crippen molar-refractivity contribution in [3.63, 3.8) is 0 Å². The van der Waals surface area contributed by atoms with Gasteiger partial charge < -0.3 is 0 Å². The van der Waals surface area contributed by atoms with Gasteiger partial charge in [-0.3, -0.25) is 0 Å². The number of hydrogen-bond acceptors (Lipinski definition) is 1. The molecule has 1 heterocycles. The molecule has 2 rings (SSSR count). The summed E-state index contributed by atoms with van der Waals surface area (Å²) in [6.07, 6.45) is 1.11. The van der Waals surface area contributed by atoms with E-state index < -0.39 is 0 Å². The highest BCUT2D eigenvalue weighted by Crippen LogP contribution is 2.31. The zero-order chi connectivity index (χ0) is 10.1. The van der Waals surface area contributed by atoms with Gasteiger partial charge in [-0.25, -0.2) is 0 Å². The molecule has 3 heteroatoms. The van der Waals surface area contributed by atoms with Gasteiger partial charge >= 0.3 is 0 Å². The SMILES string of the molecule is CCc1cc2c(CCl)cc(I)cc2s1. The maximum atomic E-state index is 5.93. The Kier molecular flexibility index (Phi) is 3.34. The third-order valence-electron chi connectivity index (χ3n) is 2.23. The average Bonchev–Trinajstić information content (AvgIpc) is 2.59. The van der Waals surface area contributed by atoms with Crippen molar-refractivity contribution >= 4 is 55.6 Å². The molecule has 1 aromatic carbocycles. The summed E-state index contributed by atoms with van der Waals surface area (Å²) in [6, 6.07) is 6.67. The quantitative estimate of drug-likeness (QED) is 0.545. The maximum absolute atomic E-state index is 5.93. The second kappa shape index (κ2) is 4.37. The molecule has 74 valence electrons. The van der Waals surface area contributed by atoms with Crippen LogP contribution in [0.4, 0.5) is 0 Å². The van der Waals surface area contributed by atoms with Crippen molar-refractivity contribution in [1.82, 2.24) is 0 Å². The van der Waals surface area contributed by atoms with Crippen molar-refractivity contribution in [2.24, 2.45) is 0 Å². The predicted molar refractivity (Wildman–Crippen MR) is 73.5 cm³/mol. The van der Waals surface area contributed by atoms with Crippen LogP contribution in [0.1, 0.15) is 17.4 Å². The molecule has 1 aromatic heterocycles. The fourth-order valence-corrected chi connectivity index (χ4v) is 3.72. The smallest absolute Gasteiger partial charge is 0.0480 e. The molecule has 0 bridgehead atoms. The lowest BCUT2D eigenvalue weighted by Crippen LogP contribution is -1.80. The highest BCUT2D eigenvalue weighted by atomic mass is 127. The van der Waals surface area contributed by atoms with Crippen molar-refractivity contribution in [2.45, 2.75) is 19.2 Å². The van der Waals surface area contributed by atoms with E-state index in [1.54, 1.807) is 0 Å². The molecule has 0 saturated heterocycles. The van der Waals surface area contributed by atoms with Crippen LogP contribution in [0.5, 0.6) is 0 Å². The molecule has 0 aliphatic heterocycles.